The number of hydrogen-bond donors (Lipinski definition) is 1. The van der Waals surface area contributed by atoms with Gasteiger partial charge in [-0.15, -0.1) is 0 Å². The van der Waals surface area contributed by atoms with Crippen molar-refractivity contribution in [3.63, 3.8) is 0 Å². The van der Waals surface area contributed by atoms with Crippen molar-refractivity contribution in [2.75, 3.05) is 18.9 Å². The fourth-order valence-electron chi connectivity index (χ4n) is 3.04. The van der Waals surface area contributed by atoms with Gasteiger partial charge in [-0.2, -0.15) is 0 Å². The highest BCUT2D eigenvalue weighted by molar-refractivity contribution is 5.93. The van der Waals surface area contributed by atoms with Gasteiger partial charge in [-0.25, -0.2) is 0 Å². The fourth-order valence-corrected chi connectivity index (χ4v) is 3.04. The largest absolute Gasteiger partial charge is 0.355 e. The summed E-state index contributed by atoms with van der Waals surface area (Å²) in [4.78, 5) is 22.8. The van der Waals surface area contributed by atoms with E-state index in [0.717, 1.165) is 23.4 Å². The molecule has 5 nitrogen and oxygen atoms in total. The topological polar surface area (TPSA) is 58.1 Å². The first-order valence-electron chi connectivity index (χ1n) is 9.51. The van der Waals surface area contributed by atoms with Crippen LogP contribution in [0.1, 0.15) is 41.4 Å². The minimum absolute atomic E-state index is 0.0881. The maximum atomic E-state index is 12.8. The van der Waals surface area contributed by atoms with Crippen LogP contribution in [0.3, 0.4) is 0 Å². The molecule has 0 radical (unpaired) electrons. The molecule has 0 saturated carbocycles. The number of pyridine rings is 2. The van der Waals surface area contributed by atoms with Crippen molar-refractivity contribution in [1.82, 2.24) is 14.9 Å². The molecular formula is C23H26N4O. The molecule has 0 atom stereocenters. The summed E-state index contributed by atoms with van der Waals surface area (Å²) in [5.41, 5.74) is 4.73. The lowest BCUT2D eigenvalue weighted by Gasteiger charge is -2.18. The predicted octanol–water partition coefficient (Wildman–Crippen LogP) is 4.66. The Labute approximate surface area is 166 Å². The van der Waals surface area contributed by atoms with Crippen molar-refractivity contribution in [2.24, 2.45) is 0 Å². The Balaban J connectivity index is 1.69. The van der Waals surface area contributed by atoms with Crippen LogP contribution in [-0.4, -0.2) is 34.4 Å². The average Bonchev–Trinajstić information content (AvgIpc) is 2.72. The smallest absolute Gasteiger partial charge is 0.272 e. The molecule has 0 saturated heterocycles. The number of hydrogen-bond acceptors (Lipinski definition) is 4. The van der Waals surface area contributed by atoms with Crippen molar-refractivity contribution in [1.29, 1.82) is 0 Å². The number of amides is 1. The number of nitrogens with zero attached hydrogens (tertiary/aromatic N) is 3. The highest BCUT2D eigenvalue weighted by atomic mass is 16.2. The van der Waals surface area contributed by atoms with Crippen LogP contribution in [0.2, 0.25) is 0 Å². The zero-order valence-corrected chi connectivity index (χ0v) is 16.6. The number of aromatic nitrogens is 2. The Morgan fingerprint density at radius 2 is 1.82 bits per heavy atom. The van der Waals surface area contributed by atoms with Crippen molar-refractivity contribution >= 4 is 17.3 Å². The van der Waals surface area contributed by atoms with E-state index >= 15 is 0 Å². The molecule has 1 N–H and O–H groups in total. The van der Waals surface area contributed by atoms with Crippen molar-refractivity contribution in [3.8, 4) is 0 Å². The molecule has 1 amide bonds. The number of benzene rings is 1. The van der Waals surface area contributed by atoms with Gasteiger partial charge in [0.25, 0.3) is 5.91 Å². The van der Waals surface area contributed by atoms with Gasteiger partial charge in [-0.3, -0.25) is 14.8 Å². The van der Waals surface area contributed by atoms with E-state index in [1.807, 2.05) is 36.4 Å². The standard InChI is InChI=1S/C23H26N4O/c1-17(2)20-6-4-5-7-21(20)26-19-10-14-25-22(16-19)23(28)27(3)15-11-18-8-12-24-13-9-18/h4-10,12-14,16-17H,11,15H2,1-3H3,(H,25,26). The number of carbonyl (C=O) groups is 1. The second-order valence-corrected chi connectivity index (χ2v) is 7.13. The molecule has 0 spiro atoms. The van der Waals surface area contributed by atoms with Gasteiger partial charge in [0.15, 0.2) is 0 Å². The number of anilines is 2. The zero-order valence-electron chi connectivity index (χ0n) is 16.6. The van der Waals surface area contributed by atoms with Gasteiger partial charge in [0.1, 0.15) is 5.69 Å². The molecule has 1 aromatic carbocycles. The first-order chi connectivity index (χ1) is 13.5. The van der Waals surface area contributed by atoms with Gasteiger partial charge in [-0.05, 0) is 53.8 Å². The quantitative estimate of drug-likeness (QED) is 0.653. The van der Waals surface area contributed by atoms with Crippen molar-refractivity contribution in [2.45, 2.75) is 26.2 Å². The third kappa shape index (κ3) is 4.94. The molecule has 144 valence electrons. The van der Waals surface area contributed by atoms with Crippen molar-refractivity contribution < 1.29 is 4.79 Å². The van der Waals surface area contributed by atoms with E-state index in [1.54, 1.807) is 30.5 Å². The average molecular weight is 374 g/mol. The third-order valence-corrected chi connectivity index (χ3v) is 4.67. The number of nitrogens with one attached hydrogen (secondary N) is 1. The van der Waals surface area contributed by atoms with Gasteiger partial charge in [0.05, 0.1) is 0 Å². The number of para-hydroxylation sites is 1. The summed E-state index contributed by atoms with van der Waals surface area (Å²) in [6, 6.07) is 15.8. The minimum atomic E-state index is -0.0881. The normalized spacial score (nSPS) is 10.7. The Kier molecular flexibility index (Phi) is 6.37. The maximum Gasteiger partial charge on any atom is 0.272 e. The molecule has 2 aromatic heterocycles. The number of rotatable bonds is 7. The van der Waals surface area contributed by atoms with E-state index in [4.69, 9.17) is 0 Å². The lowest BCUT2D eigenvalue weighted by atomic mass is 10.0. The summed E-state index contributed by atoms with van der Waals surface area (Å²) in [6.45, 7) is 4.96. The second-order valence-electron chi connectivity index (χ2n) is 7.13. The Bertz CT molecular complexity index is 925. The highest BCUT2D eigenvalue weighted by Crippen LogP contribution is 2.27. The second kappa shape index (κ2) is 9.13. The summed E-state index contributed by atoms with van der Waals surface area (Å²) in [5, 5.41) is 3.43. The van der Waals surface area contributed by atoms with Gasteiger partial charge < -0.3 is 10.2 Å². The molecule has 0 unspecified atom stereocenters. The van der Waals surface area contributed by atoms with Gasteiger partial charge in [0.2, 0.25) is 0 Å². The lowest BCUT2D eigenvalue weighted by molar-refractivity contribution is 0.0791. The molecule has 2 heterocycles. The van der Waals surface area contributed by atoms with Crippen LogP contribution in [-0.2, 0) is 6.42 Å². The van der Waals surface area contributed by atoms with E-state index in [-0.39, 0.29) is 5.91 Å². The van der Waals surface area contributed by atoms with E-state index < -0.39 is 0 Å². The van der Waals surface area contributed by atoms with Crippen LogP contribution >= 0.6 is 0 Å². The Morgan fingerprint density at radius 3 is 2.57 bits per heavy atom. The van der Waals surface area contributed by atoms with E-state index in [1.165, 1.54) is 5.56 Å². The summed E-state index contributed by atoms with van der Waals surface area (Å²) in [5.74, 6) is 0.320. The maximum absolute atomic E-state index is 12.8. The molecule has 3 aromatic rings. The SMILES string of the molecule is CC(C)c1ccccc1Nc1ccnc(C(=O)N(C)CCc2ccncc2)c1. The predicted molar refractivity (Wildman–Crippen MR) is 113 cm³/mol. The zero-order chi connectivity index (χ0) is 19.9. The summed E-state index contributed by atoms with van der Waals surface area (Å²) >= 11 is 0. The monoisotopic (exact) mass is 374 g/mol. The van der Waals surface area contributed by atoms with Crippen LogP contribution in [0.15, 0.2) is 67.1 Å². The highest BCUT2D eigenvalue weighted by Gasteiger charge is 2.14. The molecule has 0 aliphatic heterocycles. The Hall–Kier alpha value is -3.21. The van der Waals surface area contributed by atoms with E-state index in [0.29, 0.717) is 18.2 Å². The van der Waals surface area contributed by atoms with Crippen molar-refractivity contribution in [3.05, 3.63) is 83.9 Å². The third-order valence-electron chi connectivity index (χ3n) is 4.67. The van der Waals surface area contributed by atoms with E-state index in [2.05, 4.69) is 41.3 Å². The van der Waals surface area contributed by atoms with Crippen LogP contribution < -0.4 is 5.32 Å². The van der Waals surface area contributed by atoms with Gasteiger partial charge in [0, 0.05) is 43.6 Å². The molecule has 3 rings (SSSR count). The fraction of sp³-hybridized carbons (Fsp3) is 0.261. The molecule has 28 heavy (non-hydrogen) atoms. The molecular weight excluding hydrogens is 348 g/mol. The Morgan fingerprint density at radius 1 is 1.07 bits per heavy atom. The van der Waals surface area contributed by atoms with Gasteiger partial charge in [-0.1, -0.05) is 32.0 Å². The molecule has 0 fully saturated rings. The molecule has 0 aliphatic rings. The lowest BCUT2D eigenvalue weighted by Crippen LogP contribution is -2.29. The first-order valence-corrected chi connectivity index (χ1v) is 9.51. The minimum Gasteiger partial charge on any atom is -0.355 e. The van der Waals surface area contributed by atoms with Gasteiger partial charge >= 0.3 is 0 Å². The number of carbonyl (C=O) groups excluding carboxylic acids is 1. The van der Waals surface area contributed by atoms with E-state index in [9.17, 15) is 4.79 Å². The molecule has 0 bridgehead atoms. The summed E-state index contributed by atoms with van der Waals surface area (Å²) < 4.78 is 0. The molecule has 5 heteroatoms. The van der Waals surface area contributed by atoms with Crippen LogP contribution in [0.4, 0.5) is 11.4 Å². The van der Waals surface area contributed by atoms with Crippen LogP contribution in [0, 0.1) is 0 Å². The number of likely N-dealkylation sites (N-methyl/N-ethyl adjacent to an activating group) is 1. The summed E-state index contributed by atoms with van der Waals surface area (Å²) in [6.07, 6.45) is 5.99. The first kappa shape index (κ1) is 19.5. The molecule has 0 aliphatic carbocycles. The van der Waals surface area contributed by atoms with Crippen LogP contribution in [0.25, 0.3) is 0 Å². The van der Waals surface area contributed by atoms with Crippen LogP contribution in [0.5, 0.6) is 0 Å². The summed E-state index contributed by atoms with van der Waals surface area (Å²) in [7, 11) is 1.80.